The molecular weight excluding hydrogens is 292 g/mol. The molecule has 0 radical (unpaired) electrons. The molecule has 3 nitrogen and oxygen atoms in total. The van der Waals surface area contributed by atoms with Crippen LogP contribution in [-0.4, -0.2) is 23.4 Å². The lowest BCUT2D eigenvalue weighted by Crippen LogP contribution is -2.38. The molecule has 1 fully saturated rings. The van der Waals surface area contributed by atoms with Crippen molar-refractivity contribution in [3.8, 4) is 0 Å². The van der Waals surface area contributed by atoms with Gasteiger partial charge in [-0.25, -0.2) is 0 Å². The number of hydrogen-bond acceptors (Lipinski definition) is 2. The van der Waals surface area contributed by atoms with Crippen molar-refractivity contribution < 1.29 is 4.79 Å². The van der Waals surface area contributed by atoms with Gasteiger partial charge in [-0.2, -0.15) is 0 Å². The van der Waals surface area contributed by atoms with Crippen LogP contribution in [0.15, 0.2) is 22.7 Å². The average molecular weight is 311 g/mol. The first kappa shape index (κ1) is 13.4. The van der Waals surface area contributed by atoms with Crippen molar-refractivity contribution in [3.63, 3.8) is 0 Å². The van der Waals surface area contributed by atoms with Crippen LogP contribution in [0.4, 0.5) is 5.69 Å². The maximum absolute atomic E-state index is 12.5. The van der Waals surface area contributed by atoms with Crippen molar-refractivity contribution in [1.82, 2.24) is 4.90 Å². The van der Waals surface area contributed by atoms with E-state index in [2.05, 4.69) is 15.9 Å². The molecule has 18 heavy (non-hydrogen) atoms. The van der Waals surface area contributed by atoms with Crippen LogP contribution in [0.5, 0.6) is 0 Å². The molecule has 0 bridgehead atoms. The van der Waals surface area contributed by atoms with Gasteiger partial charge in [0.05, 0.1) is 0 Å². The van der Waals surface area contributed by atoms with E-state index in [1.807, 2.05) is 24.0 Å². The number of nitrogens with two attached hydrogens (primary N) is 1. The van der Waals surface area contributed by atoms with Crippen LogP contribution < -0.4 is 5.73 Å². The molecule has 98 valence electrons. The second-order valence-electron chi connectivity index (χ2n) is 4.77. The van der Waals surface area contributed by atoms with E-state index >= 15 is 0 Å². The number of carbonyl (C=O) groups excluding carboxylic acids is 1. The summed E-state index contributed by atoms with van der Waals surface area (Å²) in [5, 5.41) is 0. The number of halogens is 1. The molecule has 2 rings (SSSR count). The van der Waals surface area contributed by atoms with Crippen LogP contribution >= 0.6 is 15.9 Å². The molecule has 0 atom stereocenters. The lowest BCUT2D eigenvalue weighted by Gasteiger charge is -2.27. The molecule has 1 aliphatic carbocycles. The minimum Gasteiger partial charge on any atom is -0.398 e. The van der Waals surface area contributed by atoms with Gasteiger partial charge in [0.2, 0.25) is 0 Å². The Morgan fingerprint density at radius 2 is 2.11 bits per heavy atom. The highest BCUT2D eigenvalue weighted by molar-refractivity contribution is 9.10. The Labute approximate surface area is 116 Å². The molecule has 0 spiro atoms. The molecule has 2 N–H and O–H groups in total. The number of rotatable bonds is 3. The highest BCUT2D eigenvalue weighted by Crippen LogP contribution is 2.26. The normalized spacial score (nSPS) is 15.9. The lowest BCUT2D eigenvalue weighted by atomic mass is 10.1. The lowest BCUT2D eigenvalue weighted by molar-refractivity contribution is 0.0693. The molecule has 1 aliphatic rings. The van der Waals surface area contributed by atoms with Crippen molar-refractivity contribution in [2.24, 2.45) is 0 Å². The Bertz CT molecular complexity index is 441. The minimum absolute atomic E-state index is 0.101. The van der Waals surface area contributed by atoms with E-state index in [0.29, 0.717) is 17.3 Å². The summed E-state index contributed by atoms with van der Waals surface area (Å²) in [5.74, 6) is 0.101. The minimum atomic E-state index is 0.101. The fourth-order valence-electron chi connectivity index (χ4n) is 2.63. The van der Waals surface area contributed by atoms with Gasteiger partial charge in [0.15, 0.2) is 0 Å². The van der Waals surface area contributed by atoms with Crippen LogP contribution in [0.3, 0.4) is 0 Å². The van der Waals surface area contributed by atoms with Gasteiger partial charge in [-0.3, -0.25) is 4.79 Å². The van der Waals surface area contributed by atoms with Crippen molar-refractivity contribution in [1.29, 1.82) is 0 Å². The highest BCUT2D eigenvalue weighted by atomic mass is 79.9. The quantitative estimate of drug-likeness (QED) is 0.869. The fraction of sp³-hybridized carbons (Fsp3) is 0.500. The van der Waals surface area contributed by atoms with Crippen molar-refractivity contribution in [2.75, 3.05) is 12.3 Å². The van der Waals surface area contributed by atoms with Crippen molar-refractivity contribution >= 4 is 27.5 Å². The van der Waals surface area contributed by atoms with Gasteiger partial charge in [-0.15, -0.1) is 0 Å². The Hall–Kier alpha value is -1.03. The van der Waals surface area contributed by atoms with E-state index in [1.54, 1.807) is 6.07 Å². The van der Waals surface area contributed by atoms with Gasteiger partial charge >= 0.3 is 0 Å². The predicted octanol–water partition coefficient (Wildman–Crippen LogP) is 3.44. The van der Waals surface area contributed by atoms with Crippen LogP contribution in [0.2, 0.25) is 0 Å². The SMILES string of the molecule is CCN(C(=O)c1ccc(Br)c(N)c1)C1CCCC1. The van der Waals surface area contributed by atoms with E-state index in [0.717, 1.165) is 23.9 Å². The zero-order valence-electron chi connectivity index (χ0n) is 10.7. The first-order valence-electron chi connectivity index (χ1n) is 6.49. The van der Waals surface area contributed by atoms with Gasteiger partial charge in [0, 0.05) is 28.3 Å². The van der Waals surface area contributed by atoms with E-state index in [4.69, 9.17) is 5.73 Å². The zero-order valence-corrected chi connectivity index (χ0v) is 12.2. The summed E-state index contributed by atoms with van der Waals surface area (Å²) in [6.45, 7) is 2.80. The second kappa shape index (κ2) is 5.74. The van der Waals surface area contributed by atoms with E-state index < -0.39 is 0 Å². The number of nitrogens with zero attached hydrogens (tertiary/aromatic N) is 1. The summed E-state index contributed by atoms with van der Waals surface area (Å²) in [5.41, 5.74) is 7.13. The third-order valence-electron chi connectivity index (χ3n) is 3.61. The number of amides is 1. The first-order chi connectivity index (χ1) is 8.63. The Morgan fingerprint density at radius 1 is 1.44 bits per heavy atom. The van der Waals surface area contributed by atoms with Gasteiger partial charge in [0.25, 0.3) is 5.91 Å². The molecule has 1 aromatic carbocycles. The summed E-state index contributed by atoms with van der Waals surface area (Å²) >= 11 is 3.35. The predicted molar refractivity (Wildman–Crippen MR) is 77.5 cm³/mol. The summed E-state index contributed by atoms with van der Waals surface area (Å²) < 4.78 is 0.836. The number of anilines is 1. The third-order valence-corrected chi connectivity index (χ3v) is 4.33. The number of hydrogen-bond donors (Lipinski definition) is 1. The molecule has 4 heteroatoms. The summed E-state index contributed by atoms with van der Waals surface area (Å²) in [7, 11) is 0. The van der Waals surface area contributed by atoms with Gasteiger partial charge < -0.3 is 10.6 Å². The van der Waals surface area contributed by atoms with Gasteiger partial charge in [0.1, 0.15) is 0 Å². The zero-order chi connectivity index (χ0) is 13.1. The second-order valence-corrected chi connectivity index (χ2v) is 5.62. The van der Waals surface area contributed by atoms with Crippen LogP contribution in [0.25, 0.3) is 0 Å². The number of carbonyl (C=O) groups is 1. The molecule has 1 aromatic rings. The molecule has 1 saturated carbocycles. The van der Waals surface area contributed by atoms with E-state index in [-0.39, 0.29) is 5.91 Å². The van der Waals surface area contributed by atoms with Gasteiger partial charge in [-0.05, 0) is 53.9 Å². The molecule has 0 aliphatic heterocycles. The fourth-order valence-corrected chi connectivity index (χ4v) is 2.87. The summed E-state index contributed by atoms with van der Waals surface area (Å²) in [6.07, 6.45) is 4.73. The summed E-state index contributed by atoms with van der Waals surface area (Å²) in [6, 6.07) is 5.84. The average Bonchev–Trinajstić information content (AvgIpc) is 2.87. The monoisotopic (exact) mass is 310 g/mol. The maximum Gasteiger partial charge on any atom is 0.254 e. The van der Waals surface area contributed by atoms with Crippen molar-refractivity contribution in [2.45, 2.75) is 38.6 Å². The maximum atomic E-state index is 12.5. The Kier molecular flexibility index (Phi) is 4.27. The Morgan fingerprint density at radius 3 is 2.67 bits per heavy atom. The molecule has 0 saturated heterocycles. The van der Waals surface area contributed by atoms with E-state index in [1.165, 1.54) is 12.8 Å². The largest absolute Gasteiger partial charge is 0.398 e. The number of nitrogen functional groups attached to an aromatic ring is 1. The first-order valence-corrected chi connectivity index (χ1v) is 7.28. The standard InChI is InChI=1S/C14H19BrN2O/c1-2-17(11-5-3-4-6-11)14(18)10-7-8-12(15)13(16)9-10/h7-9,11H,2-6,16H2,1H3. The summed E-state index contributed by atoms with van der Waals surface area (Å²) in [4.78, 5) is 14.5. The molecule has 0 heterocycles. The topological polar surface area (TPSA) is 46.3 Å². The van der Waals surface area contributed by atoms with Gasteiger partial charge in [-0.1, -0.05) is 12.8 Å². The highest BCUT2D eigenvalue weighted by Gasteiger charge is 2.26. The number of benzene rings is 1. The smallest absolute Gasteiger partial charge is 0.254 e. The van der Waals surface area contributed by atoms with E-state index in [9.17, 15) is 4.79 Å². The molecule has 0 aromatic heterocycles. The van der Waals surface area contributed by atoms with Crippen LogP contribution in [-0.2, 0) is 0 Å². The molecule has 0 unspecified atom stereocenters. The Balaban J connectivity index is 2.19. The third kappa shape index (κ3) is 2.69. The van der Waals surface area contributed by atoms with Crippen LogP contribution in [0.1, 0.15) is 43.0 Å². The molecule has 1 amide bonds. The van der Waals surface area contributed by atoms with Crippen LogP contribution in [0, 0.1) is 0 Å². The molecular formula is C14H19BrN2O. The van der Waals surface area contributed by atoms with Crippen molar-refractivity contribution in [3.05, 3.63) is 28.2 Å².